The number of allylic oxidation sites excluding steroid dienone is 2. The summed E-state index contributed by atoms with van der Waals surface area (Å²) in [7, 11) is 0. The van der Waals surface area contributed by atoms with Gasteiger partial charge in [0.2, 0.25) is 0 Å². The van der Waals surface area contributed by atoms with Crippen molar-refractivity contribution in [3.63, 3.8) is 0 Å². The fourth-order valence-corrected chi connectivity index (χ4v) is 0.888. The largest absolute Gasteiger partial charge is 0.0880 e. The van der Waals surface area contributed by atoms with Gasteiger partial charge in [0.05, 0.1) is 0 Å². The first-order valence-electron chi connectivity index (χ1n) is 2.86. The first kappa shape index (κ1) is 11.5. The van der Waals surface area contributed by atoms with Crippen LogP contribution in [0.5, 0.6) is 0 Å². The highest BCUT2D eigenvalue weighted by Gasteiger charge is 2.17. The number of rotatable bonds is 0. The summed E-state index contributed by atoms with van der Waals surface area (Å²) < 4.78 is 0. The Balaban J connectivity index is 0. The summed E-state index contributed by atoms with van der Waals surface area (Å²) in [5.74, 6) is 0. The van der Waals surface area contributed by atoms with Gasteiger partial charge in [0.25, 0.3) is 0 Å². The summed E-state index contributed by atoms with van der Waals surface area (Å²) in [6.45, 7) is 4.60. The van der Waals surface area contributed by atoms with Gasteiger partial charge in [-0.25, -0.2) is 0 Å². The Bertz CT molecular complexity index is 78.2. The summed E-state index contributed by atoms with van der Waals surface area (Å²) >= 11 is 0. The van der Waals surface area contributed by atoms with E-state index in [2.05, 4.69) is 26.0 Å². The molecule has 0 N–H and O–H groups in total. The molecule has 0 bridgehead atoms. The van der Waals surface area contributed by atoms with E-state index in [-0.39, 0.29) is 14.9 Å². The quantitative estimate of drug-likeness (QED) is 0.437. The molecule has 1 aliphatic rings. The van der Waals surface area contributed by atoms with Gasteiger partial charge in [0.1, 0.15) is 0 Å². The highest BCUT2D eigenvalue weighted by Crippen LogP contribution is 2.30. The average molecular weight is 128 g/mol. The molecule has 0 aromatic heterocycles. The van der Waals surface area contributed by atoms with Crippen LogP contribution in [0, 0.1) is 5.41 Å². The van der Waals surface area contributed by atoms with E-state index < -0.39 is 0 Å². The van der Waals surface area contributed by atoms with Gasteiger partial charge in [-0.05, 0) is 18.3 Å². The van der Waals surface area contributed by atoms with Crippen molar-refractivity contribution < 1.29 is 0 Å². The van der Waals surface area contributed by atoms with Crippen LogP contribution in [0.4, 0.5) is 0 Å². The molecule has 0 unspecified atom stereocenters. The van der Waals surface area contributed by atoms with Gasteiger partial charge < -0.3 is 0 Å². The minimum absolute atomic E-state index is 0. The first-order chi connectivity index (χ1) is 3.21. The summed E-state index contributed by atoms with van der Waals surface area (Å²) in [6, 6.07) is 0. The zero-order chi connectivity index (χ0) is 5.33. The lowest BCUT2D eigenvalue weighted by Gasteiger charge is -2.14. The molecule has 0 fully saturated rings. The van der Waals surface area contributed by atoms with Crippen molar-refractivity contribution in [3.8, 4) is 0 Å². The maximum Gasteiger partial charge on any atom is -0.0285 e. The fraction of sp³-hybridized carbons (Fsp3) is 0.778. The van der Waals surface area contributed by atoms with Gasteiger partial charge in [0.15, 0.2) is 0 Å². The molecule has 0 aromatic carbocycles. The van der Waals surface area contributed by atoms with Crippen LogP contribution in [0.2, 0.25) is 0 Å². The minimum Gasteiger partial charge on any atom is -0.0880 e. The maximum atomic E-state index is 2.30. The van der Waals surface area contributed by atoms with Crippen molar-refractivity contribution in [2.75, 3.05) is 0 Å². The molecule has 0 radical (unpaired) electrons. The lowest BCUT2D eigenvalue weighted by atomic mass is 9.91. The smallest absolute Gasteiger partial charge is 0.0285 e. The highest BCUT2D eigenvalue weighted by atomic mass is 14.2. The Morgan fingerprint density at radius 2 is 1.33 bits per heavy atom. The molecular weight excluding hydrogens is 108 g/mol. The van der Waals surface area contributed by atoms with Gasteiger partial charge in [-0.3, -0.25) is 0 Å². The molecule has 1 rings (SSSR count). The third-order valence-corrected chi connectivity index (χ3v) is 1.51. The Kier molecular flexibility index (Phi) is 4.75. The van der Waals surface area contributed by atoms with E-state index in [1.807, 2.05) is 0 Å². The molecule has 0 heteroatoms. The lowest BCUT2D eigenvalue weighted by molar-refractivity contribution is 0.399. The molecule has 0 saturated carbocycles. The van der Waals surface area contributed by atoms with Gasteiger partial charge in [0, 0.05) is 0 Å². The summed E-state index contributed by atoms with van der Waals surface area (Å²) in [4.78, 5) is 0. The maximum absolute atomic E-state index is 2.30. The van der Waals surface area contributed by atoms with E-state index in [4.69, 9.17) is 0 Å². The summed E-state index contributed by atoms with van der Waals surface area (Å²) in [6.07, 6.45) is 7.07. The zero-order valence-corrected chi connectivity index (χ0v) is 5.07. The van der Waals surface area contributed by atoms with Crippen molar-refractivity contribution in [3.05, 3.63) is 12.2 Å². The molecule has 0 aromatic rings. The molecule has 0 nitrogen and oxygen atoms in total. The molecule has 0 spiro atoms. The molecular formula is C9H20. The summed E-state index contributed by atoms with van der Waals surface area (Å²) in [5.41, 5.74) is 0.583. The van der Waals surface area contributed by atoms with E-state index in [0.29, 0.717) is 5.41 Å². The Labute approximate surface area is 60.0 Å². The SMILES string of the molecule is C.C.CC1(C)CC=CC1. The van der Waals surface area contributed by atoms with E-state index in [1.165, 1.54) is 12.8 Å². The predicted molar refractivity (Wildman–Crippen MR) is 45.6 cm³/mol. The molecule has 9 heavy (non-hydrogen) atoms. The second-order valence-corrected chi connectivity index (χ2v) is 3.04. The van der Waals surface area contributed by atoms with Crippen molar-refractivity contribution >= 4 is 0 Å². The minimum atomic E-state index is 0. The Hall–Kier alpha value is -0.260. The molecule has 0 aliphatic heterocycles. The molecule has 0 heterocycles. The lowest BCUT2D eigenvalue weighted by Crippen LogP contribution is -2.02. The molecule has 56 valence electrons. The molecule has 0 amide bonds. The Morgan fingerprint density at radius 1 is 1.00 bits per heavy atom. The van der Waals surface area contributed by atoms with Crippen LogP contribution in [-0.2, 0) is 0 Å². The standard InChI is InChI=1S/C7H12.2CH4/c1-7(2)5-3-4-6-7;;/h3-4H,5-6H2,1-2H3;2*1H4. The van der Waals surface area contributed by atoms with Crippen LogP contribution in [0.15, 0.2) is 12.2 Å². The molecule has 1 aliphatic carbocycles. The fourth-order valence-electron chi connectivity index (χ4n) is 0.888. The van der Waals surface area contributed by atoms with Gasteiger partial charge >= 0.3 is 0 Å². The van der Waals surface area contributed by atoms with E-state index in [0.717, 1.165) is 0 Å². The van der Waals surface area contributed by atoms with Crippen LogP contribution in [0.3, 0.4) is 0 Å². The third kappa shape index (κ3) is 3.34. The van der Waals surface area contributed by atoms with E-state index >= 15 is 0 Å². The predicted octanol–water partition coefficient (Wildman–Crippen LogP) is 3.63. The number of hydrogen-bond donors (Lipinski definition) is 0. The second-order valence-electron chi connectivity index (χ2n) is 3.04. The summed E-state index contributed by atoms with van der Waals surface area (Å²) in [5, 5.41) is 0. The van der Waals surface area contributed by atoms with E-state index in [9.17, 15) is 0 Å². The molecule has 0 atom stereocenters. The van der Waals surface area contributed by atoms with Crippen molar-refractivity contribution in [2.45, 2.75) is 41.5 Å². The highest BCUT2D eigenvalue weighted by molar-refractivity contribution is 4.98. The average Bonchev–Trinajstić information content (AvgIpc) is 1.84. The normalized spacial score (nSPS) is 20.2. The van der Waals surface area contributed by atoms with Crippen molar-refractivity contribution in [1.82, 2.24) is 0 Å². The van der Waals surface area contributed by atoms with Crippen molar-refractivity contribution in [1.29, 1.82) is 0 Å². The first-order valence-corrected chi connectivity index (χ1v) is 2.86. The van der Waals surface area contributed by atoms with Crippen molar-refractivity contribution in [2.24, 2.45) is 5.41 Å². The second kappa shape index (κ2) is 3.71. The van der Waals surface area contributed by atoms with E-state index in [1.54, 1.807) is 0 Å². The van der Waals surface area contributed by atoms with Crippen LogP contribution in [0.25, 0.3) is 0 Å². The van der Waals surface area contributed by atoms with Crippen LogP contribution in [-0.4, -0.2) is 0 Å². The number of hydrogen-bond acceptors (Lipinski definition) is 0. The monoisotopic (exact) mass is 128 g/mol. The molecule has 0 saturated heterocycles. The topological polar surface area (TPSA) is 0 Å². The van der Waals surface area contributed by atoms with Crippen LogP contribution in [0.1, 0.15) is 41.5 Å². The van der Waals surface area contributed by atoms with Crippen LogP contribution < -0.4 is 0 Å². The van der Waals surface area contributed by atoms with Gasteiger partial charge in [-0.15, -0.1) is 0 Å². The zero-order valence-electron chi connectivity index (χ0n) is 5.07. The van der Waals surface area contributed by atoms with Gasteiger partial charge in [-0.2, -0.15) is 0 Å². The Morgan fingerprint density at radius 3 is 1.44 bits per heavy atom. The third-order valence-electron chi connectivity index (χ3n) is 1.51. The van der Waals surface area contributed by atoms with Crippen LogP contribution >= 0.6 is 0 Å². The van der Waals surface area contributed by atoms with Gasteiger partial charge in [-0.1, -0.05) is 40.9 Å².